The Morgan fingerprint density at radius 2 is 2.21 bits per heavy atom. The van der Waals surface area contributed by atoms with Gasteiger partial charge in [-0.3, -0.25) is 9.88 Å². The molecule has 0 N–H and O–H groups in total. The van der Waals surface area contributed by atoms with Crippen molar-refractivity contribution in [1.29, 1.82) is 0 Å². The van der Waals surface area contributed by atoms with E-state index in [0.29, 0.717) is 12.0 Å². The first-order valence-corrected chi connectivity index (χ1v) is 9.81. The van der Waals surface area contributed by atoms with Crippen LogP contribution < -0.4 is 0 Å². The largest absolute Gasteiger partial charge is 0.300 e. The smallest absolute Gasteiger partial charge is 0.0959 e. The molecule has 0 amide bonds. The van der Waals surface area contributed by atoms with Crippen molar-refractivity contribution in [3.63, 3.8) is 0 Å². The summed E-state index contributed by atoms with van der Waals surface area (Å²) in [5, 5.41) is 3.61. The lowest BCUT2D eigenvalue weighted by Gasteiger charge is -2.28. The number of nitrogens with zero attached hydrogens (tertiary/aromatic N) is 4. The van der Waals surface area contributed by atoms with Crippen molar-refractivity contribution in [2.24, 2.45) is 5.92 Å². The number of pyridine rings is 1. The molecule has 0 aromatic carbocycles. The fourth-order valence-corrected chi connectivity index (χ4v) is 4.93. The van der Waals surface area contributed by atoms with Crippen molar-refractivity contribution in [3.05, 3.63) is 46.2 Å². The van der Waals surface area contributed by atoms with Gasteiger partial charge in [0, 0.05) is 42.8 Å². The monoisotopic (exact) mass is 342 g/mol. The fraction of sp³-hybridized carbons (Fsp3) is 0.579. The molecule has 4 nitrogen and oxygen atoms in total. The molecule has 1 aliphatic carbocycles. The van der Waals surface area contributed by atoms with Gasteiger partial charge in [-0.15, -0.1) is 11.3 Å². The molecule has 0 radical (unpaired) electrons. The molecule has 4 rings (SSSR count). The Labute approximate surface area is 148 Å². The molecular formula is C19H26N4S. The highest BCUT2D eigenvalue weighted by atomic mass is 32.1. The zero-order valence-electron chi connectivity index (χ0n) is 14.6. The second-order valence-corrected chi connectivity index (χ2v) is 8.30. The van der Waals surface area contributed by atoms with Gasteiger partial charge >= 0.3 is 0 Å². The topological polar surface area (TPSA) is 32.3 Å². The quantitative estimate of drug-likeness (QED) is 0.804. The predicted octanol–water partition coefficient (Wildman–Crippen LogP) is 3.54. The van der Waals surface area contributed by atoms with E-state index >= 15 is 0 Å². The van der Waals surface area contributed by atoms with Gasteiger partial charge in [0.1, 0.15) is 0 Å². The van der Waals surface area contributed by atoms with Gasteiger partial charge in [-0.2, -0.15) is 0 Å². The highest BCUT2D eigenvalue weighted by Crippen LogP contribution is 2.41. The van der Waals surface area contributed by atoms with Crippen LogP contribution in [0.4, 0.5) is 0 Å². The first-order chi connectivity index (χ1) is 11.7. The van der Waals surface area contributed by atoms with Crippen LogP contribution in [-0.2, 0) is 6.54 Å². The highest BCUT2D eigenvalue weighted by Gasteiger charge is 2.33. The van der Waals surface area contributed by atoms with Crippen LogP contribution in [0.5, 0.6) is 0 Å². The minimum absolute atomic E-state index is 0.485. The molecule has 0 bridgehead atoms. The van der Waals surface area contributed by atoms with Crippen LogP contribution in [0.2, 0.25) is 0 Å². The standard InChI is InChI=1S/C19H26N4S/c1-22(12-17-13-24-19(21-17)14-5-6-14)11-16-7-9-23(2)18(16)15-4-3-8-20-10-15/h3-4,8,10,13-14,16,18H,5-7,9,11-12H2,1-2H3/t16-,18-/m0/s1. The maximum absolute atomic E-state index is 4.84. The molecule has 2 atom stereocenters. The Balaban J connectivity index is 1.39. The van der Waals surface area contributed by atoms with E-state index in [1.54, 1.807) is 0 Å². The Bertz CT molecular complexity index is 667. The van der Waals surface area contributed by atoms with Gasteiger partial charge in [0.05, 0.1) is 10.7 Å². The van der Waals surface area contributed by atoms with Crippen LogP contribution in [0.3, 0.4) is 0 Å². The van der Waals surface area contributed by atoms with Crippen LogP contribution in [0, 0.1) is 5.92 Å². The molecule has 24 heavy (non-hydrogen) atoms. The number of hydrogen-bond acceptors (Lipinski definition) is 5. The van der Waals surface area contributed by atoms with E-state index in [0.717, 1.165) is 19.0 Å². The van der Waals surface area contributed by atoms with E-state index in [9.17, 15) is 0 Å². The average molecular weight is 343 g/mol. The van der Waals surface area contributed by atoms with Crippen LogP contribution in [0.15, 0.2) is 29.9 Å². The lowest BCUT2D eigenvalue weighted by Crippen LogP contribution is -2.30. The fourth-order valence-electron chi connectivity index (χ4n) is 3.95. The van der Waals surface area contributed by atoms with Crippen LogP contribution >= 0.6 is 11.3 Å². The number of likely N-dealkylation sites (tertiary alicyclic amines) is 1. The van der Waals surface area contributed by atoms with Crippen LogP contribution in [-0.4, -0.2) is 47.0 Å². The first kappa shape index (κ1) is 16.2. The zero-order chi connectivity index (χ0) is 16.5. The van der Waals surface area contributed by atoms with Crippen LogP contribution in [0.25, 0.3) is 0 Å². The zero-order valence-corrected chi connectivity index (χ0v) is 15.4. The summed E-state index contributed by atoms with van der Waals surface area (Å²) in [6.07, 6.45) is 7.82. The van der Waals surface area contributed by atoms with Crippen molar-refractivity contribution >= 4 is 11.3 Å². The van der Waals surface area contributed by atoms with E-state index in [1.165, 1.54) is 42.1 Å². The van der Waals surface area contributed by atoms with Crippen molar-refractivity contribution in [2.75, 3.05) is 27.2 Å². The van der Waals surface area contributed by atoms with Crippen LogP contribution in [0.1, 0.15) is 47.5 Å². The maximum atomic E-state index is 4.84. The van der Waals surface area contributed by atoms with E-state index in [2.05, 4.69) is 46.4 Å². The van der Waals surface area contributed by atoms with E-state index in [4.69, 9.17) is 4.98 Å². The minimum atomic E-state index is 0.485. The second kappa shape index (κ2) is 6.90. The maximum Gasteiger partial charge on any atom is 0.0959 e. The van der Waals surface area contributed by atoms with Gasteiger partial charge in [0.15, 0.2) is 0 Å². The molecule has 1 aliphatic heterocycles. The Kier molecular flexibility index (Phi) is 4.66. The molecule has 2 aromatic heterocycles. The summed E-state index contributed by atoms with van der Waals surface area (Å²) in [5.41, 5.74) is 2.59. The summed E-state index contributed by atoms with van der Waals surface area (Å²) in [5.74, 6) is 1.43. The van der Waals surface area contributed by atoms with Crippen molar-refractivity contribution in [1.82, 2.24) is 19.8 Å². The Morgan fingerprint density at radius 3 is 2.96 bits per heavy atom. The lowest BCUT2D eigenvalue weighted by molar-refractivity contribution is 0.212. The normalized spacial score (nSPS) is 24.8. The first-order valence-electron chi connectivity index (χ1n) is 8.93. The van der Waals surface area contributed by atoms with Gasteiger partial charge in [0.2, 0.25) is 0 Å². The van der Waals surface area contributed by atoms with Crippen molar-refractivity contribution < 1.29 is 0 Å². The molecule has 1 saturated carbocycles. The number of aromatic nitrogens is 2. The molecular weight excluding hydrogens is 316 g/mol. The summed E-state index contributed by atoms with van der Waals surface area (Å²) in [4.78, 5) is 14.1. The van der Waals surface area contributed by atoms with Crippen molar-refractivity contribution in [2.45, 2.75) is 37.8 Å². The van der Waals surface area contributed by atoms with Gasteiger partial charge < -0.3 is 4.90 Å². The molecule has 1 saturated heterocycles. The Hall–Kier alpha value is -1.30. The molecule has 5 heteroatoms. The predicted molar refractivity (Wildman–Crippen MR) is 98.1 cm³/mol. The van der Waals surface area contributed by atoms with Gasteiger partial charge in [-0.05, 0) is 57.5 Å². The number of thiazole rings is 1. The molecule has 128 valence electrons. The van der Waals surface area contributed by atoms with Gasteiger partial charge in [-0.25, -0.2) is 4.98 Å². The summed E-state index contributed by atoms with van der Waals surface area (Å²) in [6.45, 7) is 3.24. The van der Waals surface area contributed by atoms with E-state index in [-0.39, 0.29) is 0 Å². The SMILES string of the molecule is CN(Cc1csc(C2CC2)n1)C[C@@H]1CCN(C)[C@H]1c1cccnc1. The molecule has 3 heterocycles. The molecule has 0 spiro atoms. The average Bonchev–Trinajstić information content (AvgIpc) is 3.23. The summed E-state index contributed by atoms with van der Waals surface area (Å²) in [7, 11) is 4.47. The van der Waals surface area contributed by atoms with Gasteiger partial charge in [0.25, 0.3) is 0 Å². The molecule has 2 aromatic rings. The van der Waals surface area contributed by atoms with E-state index < -0.39 is 0 Å². The number of hydrogen-bond donors (Lipinski definition) is 0. The van der Waals surface area contributed by atoms with Crippen molar-refractivity contribution in [3.8, 4) is 0 Å². The highest BCUT2D eigenvalue weighted by molar-refractivity contribution is 7.09. The molecule has 2 fully saturated rings. The van der Waals surface area contributed by atoms with E-state index in [1.807, 2.05) is 23.7 Å². The lowest BCUT2D eigenvalue weighted by atomic mass is 9.94. The summed E-state index contributed by atoms with van der Waals surface area (Å²) in [6, 6.07) is 4.75. The number of rotatable bonds is 6. The minimum Gasteiger partial charge on any atom is -0.300 e. The summed E-state index contributed by atoms with van der Waals surface area (Å²) < 4.78 is 0. The third-order valence-electron chi connectivity index (χ3n) is 5.27. The molecule has 2 aliphatic rings. The van der Waals surface area contributed by atoms with Gasteiger partial charge in [-0.1, -0.05) is 6.07 Å². The Morgan fingerprint density at radius 1 is 1.33 bits per heavy atom. The third kappa shape index (κ3) is 3.53. The molecule has 0 unspecified atom stereocenters. The second-order valence-electron chi connectivity index (χ2n) is 7.41. The third-order valence-corrected chi connectivity index (χ3v) is 6.33. The summed E-state index contributed by atoms with van der Waals surface area (Å²) >= 11 is 1.85.